The topological polar surface area (TPSA) is 78.2 Å². The van der Waals surface area contributed by atoms with Gasteiger partial charge >= 0.3 is 6.03 Å². The lowest BCUT2D eigenvalue weighted by Gasteiger charge is -2.22. The average molecular weight is 338 g/mol. The van der Waals surface area contributed by atoms with Crippen molar-refractivity contribution in [3.63, 3.8) is 0 Å². The van der Waals surface area contributed by atoms with Gasteiger partial charge in [-0.2, -0.15) is 5.26 Å². The lowest BCUT2D eigenvalue weighted by molar-refractivity contribution is 0.119. The highest BCUT2D eigenvalue weighted by Crippen LogP contribution is 2.20. The van der Waals surface area contributed by atoms with Crippen molar-refractivity contribution in [1.29, 1.82) is 5.26 Å². The molecule has 0 aliphatic carbocycles. The van der Waals surface area contributed by atoms with Gasteiger partial charge in [-0.3, -0.25) is 4.98 Å². The highest BCUT2D eigenvalue weighted by molar-refractivity contribution is 5.89. The maximum atomic E-state index is 12.6. The minimum Gasteiger partial charge on any atom is -0.377 e. The number of methoxy groups -OCH3 is 1. The Kier molecular flexibility index (Phi) is 6.93. The quantitative estimate of drug-likeness (QED) is 0.834. The number of anilines is 1. The number of nitrogens with zero attached hydrogens (tertiary/aromatic N) is 3. The third-order valence-electron chi connectivity index (χ3n) is 3.82. The lowest BCUT2D eigenvalue weighted by Crippen LogP contribution is -2.35. The average Bonchev–Trinajstić information content (AvgIpc) is 2.65. The van der Waals surface area contributed by atoms with Gasteiger partial charge in [0.05, 0.1) is 30.8 Å². The van der Waals surface area contributed by atoms with E-state index in [-0.39, 0.29) is 18.6 Å². The van der Waals surface area contributed by atoms with Gasteiger partial charge in [-0.1, -0.05) is 18.2 Å². The van der Waals surface area contributed by atoms with E-state index in [4.69, 9.17) is 10.00 Å². The number of amides is 2. The summed E-state index contributed by atoms with van der Waals surface area (Å²) < 4.78 is 5.31. The number of carbonyl (C=O) groups is 1. The third kappa shape index (κ3) is 5.59. The molecule has 130 valence electrons. The van der Waals surface area contributed by atoms with Crippen molar-refractivity contribution in [3.8, 4) is 6.07 Å². The van der Waals surface area contributed by atoms with Crippen LogP contribution < -0.4 is 5.32 Å². The smallest absolute Gasteiger partial charge is 0.322 e. The van der Waals surface area contributed by atoms with E-state index in [1.807, 2.05) is 49.4 Å². The van der Waals surface area contributed by atoms with Gasteiger partial charge in [-0.15, -0.1) is 0 Å². The normalized spacial score (nSPS) is 11.4. The predicted molar refractivity (Wildman–Crippen MR) is 95.8 cm³/mol. The summed E-state index contributed by atoms with van der Waals surface area (Å²) in [6, 6.07) is 14.9. The highest BCUT2D eigenvalue weighted by atomic mass is 16.5. The molecule has 0 spiro atoms. The van der Waals surface area contributed by atoms with Gasteiger partial charge in [0.25, 0.3) is 0 Å². The number of urea groups is 1. The zero-order valence-electron chi connectivity index (χ0n) is 14.5. The van der Waals surface area contributed by atoms with E-state index in [0.29, 0.717) is 18.8 Å². The molecule has 2 rings (SSSR count). The van der Waals surface area contributed by atoms with Crippen LogP contribution >= 0.6 is 0 Å². The fraction of sp³-hybridized carbons (Fsp3) is 0.316. The molecule has 1 aromatic heterocycles. The van der Waals surface area contributed by atoms with E-state index < -0.39 is 0 Å². The predicted octanol–water partition coefficient (Wildman–Crippen LogP) is 3.74. The summed E-state index contributed by atoms with van der Waals surface area (Å²) >= 11 is 0. The number of ether oxygens (including phenoxy) is 1. The van der Waals surface area contributed by atoms with Gasteiger partial charge in [-0.05, 0) is 36.8 Å². The van der Waals surface area contributed by atoms with Crippen molar-refractivity contribution >= 4 is 11.7 Å². The van der Waals surface area contributed by atoms with E-state index in [1.165, 1.54) is 0 Å². The number of hydrogen-bond acceptors (Lipinski definition) is 4. The number of aromatic nitrogens is 1. The van der Waals surface area contributed by atoms with E-state index in [1.54, 1.807) is 18.2 Å². The van der Waals surface area contributed by atoms with Crippen LogP contribution in [0, 0.1) is 11.3 Å². The van der Waals surface area contributed by atoms with Crippen molar-refractivity contribution in [2.24, 2.45) is 0 Å². The van der Waals surface area contributed by atoms with Crippen LogP contribution in [0.15, 0.2) is 48.7 Å². The van der Waals surface area contributed by atoms with E-state index in [2.05, 4.69) is 16.4 Å². The van der Waals surface area contributed by atoms with Crippen LogP contribution in [0.3, 0.4) is 0 Å². The van der Waals surface area contributed by atoms with Gasteiger partial charge in [0.2, 0.25) is 0 Å². The first-order valence-corrected chi connectivity index (χ1v) is 8.09. The summed E-state index contributed by atoms with van der Waals surface area (Å²) in [6.45, 7) is 2.64. The molecule has 2 amide bonds. The molecule has 0 bridgehead atoms. The molecule has 6 nitrogen and oxygen atoms in total. The van der Waals surface area contributed by atoms with Crippen molar-refractivity contribution in [3.05, 3.63) is 59.9 Å². The number of nitriles is 1. The van der Waals surface area contributed by atoms with E-state index in [0.717, 1.165) is 11.3 Å². The van der Waals surface area contributed by atoms with Gasteiger partial charge in [0.1, 0.15) is 0 Å². The fourth-order valence-corrected chi connectivity index (χ4v) is 2.33. The number of benzene rings is 1. The van der Waals surface area contributed by atoms with Gasteiger partial charge in [-0.25, -0.2) is 4.79 Å². The summed E-state index contributed by atoms with van der Waals surface area (Å²) in [7, 11) is 1.65. The van der Waals surface area contributed by atoms with Gasteiger partial charge in [0, 0.05) is 25.5 Å². The van der Waals surface area contributed by atoms with Crippen LogP contribution in [-0.4, -0.2) is 29.6 Å². The van der Waals surface area contributed by atoms with Crippen molar-refractivity contribution < 1.29 is 9.53 Å². The molecule has 0 aliphatic heterocycles. The van der Waals surface area contributed by atoms with Crippen LogP contribution in [0.25, 0.3) is 0 Å². The van der Waals surface area contributed by atoms with Crippen LogP contribution in [0.1, 0.15) is 30.7 Å². The molecule has 1 heterocycles. The lowest BCUT2D eigenvalue weighted by atomic mass is 10.1. The van der Waals surface area contributed by atoms with Crippen molar-refractivity contribution in [2.75, 3.05) is 19.0 Å². The van der Waals surface area contributed by atoms with Crippen molar-refractivity contribution in [2.45, 2.75) is 26.0 Å². The zero-order valence-corrected chi connectivity index (χ0v) is 14.5. The SMILES string of the molecule is CO[C@H](C)c1cccc(NC(=O)N(CCC#N)Cc2ccccn2)c1. The fourth-order valence-electron chi connectivity index (χ4n) is 2.33. The zero-order chi connectivity index (χ0) is 18.1. The number of nitrogens with one attached hydrogen (secondary N) is 1. The van der Waals surface area contributed by atoms with Crippen molar-refractivity contribution in [1.82, 2.24) is 9.88 Å². The van der Waals surface area contributed by atoms with E-state index >= 15 is 0 Å². The first-order chi connectivity index (χ1) is 12.1. The Labute approximate surface area is 148 Å². The molecule has 0 saturated heterocycles. The number of pyridine rings is 1. The molecule has 0 saturated carbocycles. The molecule has 2 aromatic rings. The molecular weight excluding hydrogens is 316 g/mol. The molecule has 0 aliphatic rings. The summed E-state index contributed by atoms with van der Waals surface area (Å²) in [5.41, 5.74) is 2.44. The highest BCUT2D eigenvalue weighted by Gasteiger charge is 2.15. The van der Waals surface area contributed by atoms with Gasteiger partial charge < -0.3 is 15.0 Å². The Bertz CT molecular complexity index is 728. The molecule has 1 aromatic carbocycles. The molecule has 0 fully saturated rings. The molecule has 6 heteroatoms. The Balaban J connectivity index is 2.10. The second-order valence-electron chi connectivity index (χ2n) is 5.58. The van der Waals surface area contributed by atoms with E-state index in [9.17, 15) is 4.79 Å². The molecule has 25 heavy (non-hydrogen) atoms. The number of hydrogen-bond donors (Lipinski definition) is 1. The molecular formula is C19H22N4O2. The van der Waals surface area contributed by atoms with Gasteiger partial charge in [0.15, 0.2) is 0 Å². The second-order valence-corrected chi connectivity index (χ2v) is 5.58. The Morgan fingerprint density at radius 1 is 1.36 bits per heavy atom. The standard InChI is InChI=1S/C19H22N4O2/c1-15(25-2)16-7-5-9-17(13-16)22-19(24)23(12-6-10-20)14-18-8-3-4-11-21-18/h3-5,7-9,11,13,15H,6,12,14H2,1-2H3,(H,22,24)/t15-/m1/s1. The minimum absolute atomic E-state index is 0.0555. The van der Waals surface area contributed by atoms with Crippen LogP contribution in [0.4, 0.5) is 10.5 Å². The minimum atomic E-state index is -0.261. The summed E-state index contributed by atoms with van der Waals surface area (Å²) in [4.78, 5) is 18.4. The van der Waals surface area contributed by atoms with Crippen LogP contribution in [0.5, 0.6) is 0 Å². The summed E-state index contributed by atoms with van der Waals surface area (Å²) in [5.74, 6) is 0. The Morgan fingerprint density at radius 2 is 2.20 bits per heavy atom. The maximum absolute atomic E-state index is 12.6. The molecule has 1 N–H and O–H groups in total. The second kappa shape index (κ2) is 9.40. The Morgan fingerprint density at radius 3 is 2.88 bits per heavy atom. The third-order valence-corrected chi connectivity index (χ3v) is 3.82. The monoisotopic (exact) mass is 338 g/mol. The molecule has 0 radical (unpaired) electrons. The molecule has 0 unspecified atom stereocenters. The first kappa shape index (κ1) is 18.4. The Hall–Kier alpha value is -2.91. The van der Waals surface area contributed by atoms with Crippen LogP contribution in [-0.2, 0) is 11.3 Å². The van der Waals surface area contributed by atoms with Crippen LogP contribution in [0.2, 0.25) is 0 Å². The summed E-state index contributed by atoms with van der Waals surface area (Å²) in [6.07, 6.45) is 1.90. The first-order valence-electron chi connectivity index (χ1n) is 8.09. The number of rotatable bonds is 7. The largest absolute Gasteiger partial charge is 0.377 e. The number of carbonyl (C=O) groups excluding carboxylic acids is 1. The summed E-state index contributed by atoms with van der Waals surface area (Å²) in [5, 5.41) is 11.7. The molecule has 1 atom stereocenters. The maximum Gasteiger partial charge on any atom is 0.322 e.